The Kier molecular flexibility index (Phi) is 8.09. The van der Waals surface area contributed by atoms with Gasteiger partial charge in [-0.2, -0.15) is 4.31 Å². The molecule has 0 aromatic heterocycles. The summed E-state index contributed by atoms with van der Waals surface area (Å²) in [5, 5.41) is 2.91. The van der Waals surface area contributed by atoms with Crippen molar-refractivity contribution in [1.29, 1.82) is 0 Å². The fraction of sp³-hybridized carbons (Fsp3) is 0.458. The molecule has 0 atom stereocenters. The van der Waals surface area contributed by atoms with Gasteiger partial charge in [0.1, 0.15) is 5.75 Å². The van der Waals surface area contributed by atoms with E-state index in [-0.39, 0.29) is 10.8 Å². The first-order valence-corrected chi connectivity index (χ1v) is 12.5. The highest BCUT2D eigenvalue weighted by Gasteiger charge is 2.28. The number of rotatable bonds is 9. The van der Waals surface area contributed by atoms with Crippen molar-refractivity contribution in [2.24, 2.45) is 0 Å². The van der Waals surface area contributed by atoms with Crippen LogP contribution >= 0.6 is 0 Å². The Hall–Kier alpha value is -2.38. The summed E-state index contributed by atoms with van der Waals surface area (Å²) in [5.41, 5.74) is 2.15. The van der Waals surface area contributed by atoms with E-state index in [4.69, 9.17) is 4.74 Å². The minimum atomic E-state index is -3.58. The molecule has 6 nitrogen and oxygen atoms in total. The molecule has 0 radical (unpaired) electrons. The van der Waals surface area contributed by atoms with Crippen molar-refractivity contribution in [1.82, 2.24) is 9.62 Å². The first-order valence-electron chi connectivity index (χ1n) is 11.0. The molecule has 1 amide bonds. The minimum Gasteiger partial charge on any atom is -0.494 e. The highest BCUT2D eigenvalue weighted by Crippen LogP contribution is 2.24. The van der Waals surface area contributed by atoms with Crippen LogP contribution in [0.2, 0.25) is 0 Å². The maximum absolute atomic E-state index is 13.1. The van der Waals surface area contributed by atoms with E-state index in [1.54, 1.807) is 19.1 Å². The molecule has 0 saturated carbocycles. The highest BCUT2D eigenvalue weighted by atomic mass is 32.2. The standard InChI is InChI=1S/C24H32N2O4S/c1-3-30-22-12-6-5-10-20(22)11-9-15-25-24(27)21-14-13-19(2)23(18-21)31(28,29)26-16-7-4-8-17-26/h5-6,10,12-14,18H,3-4,7-9,11,15-17H2,1-2H3,(H,25,27). The average molecular weight is 445 g/mol. The van der Waals surface area contributed by atoms with Gasteiger partial charge in [-0.3, -0.25) is 4.79 Å². The summed E-state index contributed by atoms with van der Waals surface area (Å²) < 4.78 is 33.3. The quantitative estimate of drug-likeness (QED) is 0.595. The zero-order valence-corrected chi connectivity index (χ0v) is 19.2. The van der Waals surface area contributed by atoms with E-state index in [0.717, 1.165) is 43.4 Å². The number of sulfonamides is 1. The molecule has 3 rings (SSSR count). The summed E-state index contributed by atoms with van der Waals surface area (Å²) in [6, 6.07) is 12.8. The molecule has 2 aromatic carbocycles. The summed E-state index contributed by atoms with van der Waals surface area (Å²) in [6.07, 6.45) is 4.37. The van der Waals surface area contributed by atoms with Gasteiger partial charge in [-0.15, -0.1) is 0 Å². The van der Waals surface area contributed by atoms with Crippen LogP contribution in [0.5, 0.6) is 5.75 Å². The number of nitrogens with one attached hydrogen (secondary N) is 1. The maximum Gasteiger partial charge on any atom is 0.251 e. The number of carbonyl (C=O) groups is 1. The van der Waals surface area contributed by atoms with Crippen molar-refractivity contribution in [3.05, 3.63) is 59.2 Å². The normalized spacial score (nSPS) is 14.9. The van der Waals surface area contributed by atoms with E-state index >= 15 is 0 Å². The molecule has 0 aliphatic carbocycles. The molecule has 1 heterocycles. The average Bonchev–Trinajstić information content (AvgIpc) is 2.78. The largest absolute Gasteiger partial charge is 0.494 e. The third-order valence-electron chi connectivity index (χ3n) is 5.56. The lowest BCUT2D eigenvalue weighted by atomic mass is 10.1. The monoisotopic (exact) mass is 444 g/mol. The Morgan fingerprint density at radius 2 is 1.84 bits per heavy atom. The van der Waals surface area contributed by atoms with Gasteiger partial charge in [-0.25, -0.2) is 8.42 Å². The van der Waals surface area contributed by atoms with E-state index in [1.807, 2.05) is 31.2 Å². The van der Waals surface area contributed by atoms with Crippen molar-refractivity contribution < 1.29 is 17.9 Å². The summed E-state index contributed by atoms with van der Waals surface area (Å²) in [5.74, 6) is 0.621. The van der Waals surface area contributed by atoms with Crippen molar-refractivity contribution in [2.75, 3.05) is 26.2 Å². The van der Waals surface area contributed by atoms with Gasteiger partial charge < -0.3 is 10.1 Å². The second-order valence-corrected chi connectivity index (χ2v) is 9.75. The lowest BCUT2D eigenvalue weighted by molar-refractivity contribution is 0.0953. The van der Waals surface area contributed by atoms with E-state index < -0.39 is 10.0 Å². The molecule has 7 heteroatoms. The zero-order chi connectivity index (χ0) is 22.3. The van der Waals surface area contributed by atoms with Crippen LogP contribution in [0, 0.1) is 6.92 Å². The van der Waals surface area contributed by atoms with Crippen LogP contribution in [0.15, 0.2) is 47.4 Å². The third-order valence-corrected chi connectivity index (χ3v) is 7.60. The lowest BCUT2D eigenvalue weighted by Crippen LogP contribution is -2.36. The number of carbonyl (C=O) groups excluding carboxylic acids is 1. The Morgan fingerprint density at radius 1 is 1.10 bits per heavy atom. The van der Waals surface area contributed by atoms with Crippen LogP contribution < -0.4 is 10.1 Å². The second kappa shape index (κ2) is 10.8. The number of benzene rings is 2. The molecule has 2 aromatic rings. The number of aryl methyl sites for hydroxylation is 2. The summed E-state index contributed by atoms with van der Waals surface area (Å²) in [4.78, 5) is 12.9. The highest BCUT2D eigenvalue weighted by molar-refractivity contribution is 7.89. The van der Waals surface area contributed by atoms with Crippen LogP contribution in [-0.2, 0) is 16.4 Å². The number of hydrogen-bond acceptors (Lipinski definition) is 4. The molecule has 1 N–H and O–H groups in total. The summed E-state index contributed by atoms with van der Waals surface area (Å²) in [6.45, 7) is 5.93. The summed E-state index contributed by atoms with van der Waals surface area (Å²) in [7, 11) is -3.58. The van der Waals surface area contributed by atoms with E-state index in [2.05, 4.69) is 5.32 Å². The predicted molar refractivity (Wildman–Crippen MR) is 122 cm³/mol. The Balaban J connectivity index is 1.62. The van der Waals surface area contributed by atoms with Gasteiger partial charge >= 0.3 is 0 Å². The SMILES string of the molecule is CCOc1ccccc1CCCNC(=O)c1ccc(C)c(S(=O)(=O)N2CCCCC2)c1. The molecule has 1 aliphatic rings. The van der Waals surface area contributed by atoms with Crippen molar-refractivity contribution >= 4 is 15.9 Å². The van der Waals surface area contributed by atoms with Gasteiger partial charge in [-0.1, -0.05) is 30.7 Å². The van der Waals surface area contributed by atoms with Crippen LogP contribution in [0.25, 0.3) is 0 Å². The number of para-hydroxylation sites is 1. The van der Waals surface area contributed by atoms with E-state index in [1.165, 1.54) is 10.4 Å². The molecule has 0 bridgehead atoms. The van der Waals surface area contributed by atoms with Crippen LogP contribution in [0.4, 0.5) is 0 Å². The number of nitrogens with zero attached hydrogens (tertiary/aromatic N) is 1. The fourth-order valence-corrected chi connectivity index (χ4v) is 5.62. The molecule has 1 aliphatic heterocycles. The van der Waals surface area contributed by atoms with Gasteiger partial charge in [-0.05, 0) is 68.9 Å². The number of piperidine rings is 1. The van der Waals surface area contributed by atoms with Crippen molar-refractivity contribution in [3.8, 4) is 5.75 Å². The molecule has 0 unspecified atom stereocenters. The van der Waals surface area contributed by atoms with Crippen molar-refractivity contribution in [3.63, 3.8) is 0 Å². The topological polar surface area (TPSA) is 75.7 Å². The van der Waals surface area contributed by atoms with Gasteiger partial charge in [0, 0.05) is 25.2 Å². The molecule has 1 fully saturated rings. The number of hydrogen-bond donors (Lipinski definition) is 1. The lowest BCUT2D eigenvalue weighted by Gasteiger charge is -2.26. The molecule has 168 valence electrons. The third kappa shape index (κ3) is 5.86. The fourth-order valence-electron chi connectivity index (χ4n) is 3.85. The van der Waals surface area contributed by atoms with Gasteiger partial charge in [0.25, 0.3) is 5.91 Å². The smallest absolute Gasteiger partial charge is 0.251 e. The minimum absolute atomic E-state index is 0.229. The zero-order valence-electron chi connectivity index (χ0n) is 18.4. The van der Waals surface area contributed by atoms with Crippen LogP contribution in [-0.4, -0.2) is 44.9 Å². The second-order valence-electron chi connectivity index (χ2n) is 7.85. The molecular formula is C24H32N2O4S. The first-order chi connectivity index (χ1) is 14.9. The predicted octanol–water partition coefficient (Wildman–Crippen LogP) is 3.93. The maximum atomic E-state index is 13.1. The molecule has 0 spiro atoms. The molecule has 31 heavy (non-hydrogen) atoms. The van der Waals surface area contributed by atoms with Gasteiger partial charge in [0.15, 0.2) is 0 Å². The van der Waals surface area contributed by atoms with Gasteiger partial charge in [0.05, 0.1) is 11.5 Å². The van der Waals surface area contributed by atoms with E-state index in [9.17, 15) is 13.2 Å². The van der Waals surface area contributed by atoms with E-state index in [0.29, 0.717) is 37.4 Å². The number of amides is 1. The Labute approximate surface area is 185 Å². The summed E-state index contributed by atoms with van der Waals surface area (Å²) >= 11 is 0. The molecule has 1 saturated heterocycles. The Morgan fingerprint density at radius 3 is 2.58 bits per heavy atom. The first kappa shape index (κ1) is 23.3. The Bertz CT molecular complexity index is 998. The van der Waals surface area contributed by atoms with Crippen LogP contribution in [0.1, 0.15) is 54.1 Å². The molecular weight excluding hydrogens is 412 g/mol. The number of ether oxygens (including phenoxy) is 1. The van der Waals surface area contributed by atoms with Gasteiger partial charge in [0.2, 0.25) is 10.0 Å². The van der Waals surface area contributed by atoms with Crippen molar-refractivity contribution in [2.45, 2.75) is 50.8 Å². The van der Waals surface area contributed by atoms with Crippen LogP contribution in [0.3, 0.4) is 0 Å².